The van der Waals surface area contributed by atoms with Gasteiger partial charge >= 0.3 is 0 Å². The van der Waals surface area contributed by atoms with Crippen molar-refractivity contribution in [3.05, 3.63) is 17.5 Å². The molecule has 0 bridgehead atoms. The molecule has 1 aromatic rings. The third-order valence-corrected chi connectivity index (χ3v) is 8.51. The first kappa shape index (κ1) is 19.6. The fraction of sp³-hybridized carbons (Fsp3) is 0.833. The van der Waals surface area contributed by atoms with Gasteiger partial charge in [0.05, 0.1) is 5.69 Å². The van der Waals surface area contributed by atoms with Crippen molar-refractivity contribution in [2.75, 3.05) is 26.2 Å². The summed E-state index contributed by atoms with van der Waals surface area (Å²) in [5.41, 5.74) is 2.55. The molecule has 0 aromatic carbocycles. The van der Waals surface area contributed by atoms with Crippen molar-refractivity contribution in [3.8, 4) is 0 Å². The molecule has 3 atom stereocenters. The van der Waals surface area contributed by atoms with Gasteiger partial charge in [-0.1, -0.05) is 25.7 Å². The Labute approximate surface area is 175 Å². The molecule has 1 amide bonds. The molecule has 4 fully saturated rings. The van der Waals surface area contributed by atoms with Crippen molar-refractivity contribution < 1.29 is 4.79 Å². The van der Waals surface area contributed by atoms with Gasteiger partial charge in [-0.05, 0) is 75.9 Å². The zero-order chi connectivity index (χ0) is 19.6. The van der Waals surface area contributed by atoms with Crippen LogP contribution in [-0.4, -0.2) is 47.2 Å². The first-order chi connectivity index (χ1) is 14.3. The van der Waals surface area contributed by atoms with Crippen LogP contribution in [0.15, 0.2) is 6.07 Å². The number of aromatic amines is 1. The van der Waals surface area contributed by atoms with E-state index in [1.54, 1.807) is 0 Å². The van der Waals surface area contributed by atoms with Gasteiger partial charge < -0.3 is 10.2 Å². The van der Waals surface area contributed by atoms with E-state index >= 15 is 0 Å². The number of nitrogens with zero attached hydrogens (tertiary/aromatic N) is 2. The molecule has 2 aliphatic carbocycles. The number of fused-ring (bicyclic) bond motifs is 1. The average molecular weight is 399 g/mol. The van der Waals surface area contributed by atoms with E-state index in [1.165, 1.54) is 62.8 Å². The largest absolute Gasteiger partial charge is 0.342 e. The number of carbonyl (C=O) groups excluding carboxylic acids is 1. The maximum absolute atomic E-state index is 13.2. The zero-order valence-electron chi connectivity index (χ0n) is 17.9. The second-order valence-corrected chi connectivity index (χ2v) is 10.2. The number of carbonyl (C=O) groups is 1. The quantitative estimate of drug-likeness (QED) is 0.803. The third kappa shape index (κ3) is 4.26. The molecular weight excluding hydrogens is 360 g/mol. The summed E-state index contributed by atoms with van der Waals surface area (Å²) in [5.74, 6) is 3.68. The van der Waals surface area contributed by atoms with Crippen molar-refractivity contribution in [2.24, 2.45) is 17.8 Å². The monoisotopic (exact) mass is 398 g/mol. The minimum atomic E-state index is 0.310. The van der Waals surface area contributed by atoms with Gasteiger partial charge in [0.25, 0.3) is 0 Å². The average Bonchev–Trinajstić information content (AvgIpc) is 3.29. The number of rotatable bonds is 3. The third-order valence-electron chi connectivity index (χ3n) is 8.51. The van der Waals surface area contributed by atoms with Crippen LogP contribution in [0.5, 0.6) is 0 Å². The topological polar surface area (TPSA) is 61.0 Å². The number of H-pyrrole nitrogens is 1. The van der Waals surface area contributed by atoms with E-state index in [-0.39, 0.29) is 0 Å². The molecule has 160 valence electrons. The van der Waals surface area contributed by atoms with Gasteiger partial charge in [-0.15, -0.1) is 0 Å². The molecule has 2 N–H and O–H groups in total. The van der Waals surface area contributed by atoms with Crippen LogP contribution < -0.4 is 5.32 Å². The van der Waals surface area contributed by atoms with Gasteiger partial charge in [-0.2, -0.15) is 5.10 Å². The summed E-state index contributed by atoms with van der Waals surface area (Å²) < 4.78 is 0. The Kier molecular flexibility index (Phi) is 5.94. The highest BCUT2D eigenvalue weighted by Crippen LogP contribution is 2.43. The molecule has 5 rings (SSSR count). The van der Waals surface area contributed by atoms with E-state index in [4.69, 9.17) is 0 Å². The van der Waals surface area contributed by atoms with Crippen LogP contribution in [0.1, 0.15) is 93.9 Å². The number of piperidine rings is 2. The van der Waals surface area contributed by atoms with Gasteiger partial charge in [-0.25, -0.2) is 0 Å². The van der Waals surface area contributed by atoms with Crippen LogP contribution >= 0.6 is 0 Å². The lowest BCUT2D eigenvalue weighted by atomic mass is 9.67. The summed E-state index contributed by atoms with van der Waals surface area (Å²) in [4.78, 5) is 15.4. The molecule has 2 aliphatic heterocycles. The van der Waals surface area contributed by atoms with Gasteiger partial charge in [0.2, 0.25) is 5.91 Å². The molecule has 2 saturated heterocycles. The first-order valence-corrected chi connectivity index (χ1v) is 12.3. The van der Waals surface area contributed by atoms with E-state index in [0.29, 0.717) is 23.7 Å². The Bertz CT molecular complexity index is 687. The summed E-state index contributed by atoms with van der Waals surface area (Å²) in [7, 11) is 0. The second kappa shape index (κ2) is 8.79. The van der Waals surface area contributed by atoms with E-state index < -0.39 is 0 Å². The normalized spacial score (nSPS) is 32.1. The SMILES string of the molecule is O=C(C1CCC2CCCCC2C1)N1CCC(c2cc(C3CCNCC3)n[nH]2)CC1. The Morgan fingerprint density at radius 3 is 2.45 bits per heavy atom. The van der Waals surface area contributed by atoms with Crippen LogP contribution in [0.4, 0.5) is 0 Å². The highest BCUT2D eigenvalue weighted by Gasteiger charge is 2.37. The second-order valence-electron chi connectivity index (χ2n) is 10.2. The minimum absolute atomic E-state index is 0.310. The van der Waals surface area contributed by atoms with Crippen molar-refractivity contribution in [3.63, 3.8) is 0 Å². The smallest absolute Gasteiger partial charge is 0.225 e. The molecule has 5 nitrogen and oxygen atoms in total. The molecule has 1 aromatic heterocycles. The zero-order valence-corrected chi connectivity index (χ0v) is 17.9. The van der Waals surface area contributed by atoms with Gasteiger partial charge in [0, 0.05) is 36.5 Å². The van der Waals surface area contributed by atoms with Crippen molar-refractivity contribution in [1.82, 2.24) is 20.4 Å². The molecule has 5 heteroatoms. The summed E-state index contributed by atoms with van der Waals surface area (Å²) in [6.45, 7) is 4.07. The van der Waals surface area contributed by atoms with Crippen LogP contribution in [0.25, 0.3) is 0 Å². The fourth-order valence-electron chi connectivity index (χ4n) is 6.66. The summed E-state index contributed by atoms with van der Waals surface area (Å²) in [6, 6.07) is 2.32. The highest BCUT2D eigenvalue weighted by molar-refractivity contribution is 5.79. The van der Waals surface area contributed by atoms with Gasteiger partial charge in [0.15, 0.2) is 0 Å². The molecule has 29 heavy (non-hydrogen) atoms. The Morgan fingerprint density at radius 1 is 0.897 bits per heavy atom. The number of nitrogens with one attached hydrogen (secondary N) is 2. The minimum Gasteiger partial charge on any atom is -0.342 e. The molecule has 0 spiro atoms. The number of aromatic nitrogens is 2. The van der Waals surface area contributed by atoms with E-state index in [0.717, 1.165) is 57.3 Å². The van der Waals surface area contributed by atoms with E-state index in [9.17, 15) is 4.79 Å². The molecule has 3 unspecified atom stereocenters. The molecule has 0 radical (unpaired) electrons. The Hall–Kier alpha value is -1.36. The van der Waals surface area contributed by atoms with Crippen LogP contribution in [-0.2, 0) is 4.79 Å². The van der Waals surface area contributed by atoms with Crippen molar-refractivity contribution in [2.45, 2.75) is 82.5 Å². The first-order valence-electron chi connectivity index (χ1n) is 12.3. The van der Waals surface area contributed by atoms with E-state index in [2.05, 4.69) is 26.5 Å². The summed E-state index contributed by atoms with van der Waals surface area (Å²) >= 11 is 0. The van der Waals surface area contributed by atoms with Crippen LogP contribution in [0, 0.1) is 17.8 Å². The summed E-state index contributed by atoms with van der Waals surface area (Å²) in [5, 5.41) is 11.4. The predicted octanol–water partition coefficient (Wildman–Crippen LogP) is 4.19. The Balaban J connectivity index is 1.13. The number of hydrogen-bond donors (Lipinski definition) is 2. The highest BCUT2D eigenvalue weighted by atomic mass is 16.2. The maximum Gasteiger partial charge on any atom is 0.225 e. The van der Waals surface area contributed by atoms with E-state index in [1.807, 2.05) is 0 Å². The molecule has 2 saturated carbocycles. The standard InChI is InChI=1S/C24H38N4O/c29-24(21-6-5-17-3-1-2-4-20(17)15-21)28-13-9-19(10-14-28)23-16-22(26-27-23)18-7-11-25-12-8-18/h16-21,25H,1-15H2,(H,26,27). The van der Waals surface area contributed by atoms with Crippen molar-refractivity contribution in [1.29, 1.82) is 0 Å². The molecule has 4 aliphatic rings. The predicted molar refractivity (Wildman–Crippen MR) is 115 cm³/mol. The van der Waals surface area contributed by atoms with Crippen LogP contribution in [0.2, 0.25) is 0 Å². The lowest BCUT2D eigenvalue weighted by Gasteiger charge is -2.41. The Morgan fingerprint density at radius 2 is 1.66 bits per heavy atom. The molecular formula is C24H38N4O. The van der Waals surface area contributed by atoms with Gasteiger partial charge in [0.1, 0.15) is 0 Å². The number of amides is 1. The fourth-order valence-corrected chi connectivity index (χ4v) is 6.66. The van der Waals surface area contributed by atoms with Crippen LogP contribution in [0.3, 0.4) is 0 Å². The summed E-state index contributed by atoms with van der Waals surface area (Å²) in [6.07, 6.45) is 13.8. The number of likely N-dealkylation sites (tertiary alicyclic amines) is 1. The van der Waals surface area contributed by atoms with Crippen molar-refractivity contribution >= 4 is 5.91 Å². The number of hydrogen-bond acceptors (Lipinski definition) is 3. The lowest BCUT2D eigenvalue weighted by Crippen LogP contribution is -2.43. The maximum atomic E-state index is 13.2. The van der Waals surface area contributed by atoms with Gasteiger partial charge in [-0.3, -0.25) is 9.89 Å². The lowest BCUT2D eigenvalue weighted by molar-refractivity contribution is -0.139. The molecule has 3 heterocycles.